The minimum Gasteiger partial charge on any atom is -0.409 e. The summed E-state index contributed by atoms with van der Waals surface area (Å²) in [5.41, 5.74) is 7.45. The molecule has 0 spiro atoms. The second kappa shape index (κ2) is 6.21. The summed E-state index contributed by atoms with van der Waals surface area (Å²) in [6.07, 6.45) is 0. The number of anilines is 1. The summed E-state index contributed by atoms with van der Waals surface area (Å²) >= 11 is 0. The smallest absolute Gasteiger partial charge is 0.170 e. The molecule has 4 nitrogen and oxygen atoms in total. The second-order valence-corrected chi connectivity index (χ2v) is 4.60. The molecule has 2 aromatic carbocycles. The Hall–Kier alpha value is -2.63. The number of nitrogens with two attached hydrogens (primary N) is 1. The molecule has 21 heavy (non-hydrogen) atoms. The maximum absolute atomic E-state index is 13.5. The summed E-state index contributed by atoms with van der Waals surface area (Å²) in [6, 6.07) is 8.81. The average molecular weight is 291 g/mol. The molecule has 0 unspecified atom stereocenters. The van der Waals surface area contributed by atoms with Crippen molar-refractivity contribution in [3.8, 4) is 0 Å². The Morgan fingerprint density at radius 3 is 2.76 bits per heavy atom. The molecule has 0 atom stereocenters. The first kappa shape index (κ1) is 14.8. The number of nitrogens with one attached hydrogen (secondary N) is 1. The van der Waals surface area contributed by atoms with Gasteiger partial charge in [0.1, 0.15) is 11.6 Å². The zero-order chi connectivity index (χ0) is 15.4. The van der Waals surface area contributed by atoms with E-state index in [-0.39, 0.29) is 23.8 Å². The van der Waals surface area contributed by atoms with Crippen LogP contribution in [0.5, 0.6) is 0 Å². The monoisotopic (exact) mass is 291 g/mol. The average Bonchev–Trinajstić information content (AvgIpc) is 2.47. The molecular formula is C15H15F2N3O. The predicted molar refractivity (Wildman–Crippen MR) is 77.4 cm³/mol. The van der Waals surface area contributed by atoms with Gasteiger partial charge in [0.05, 0.1) is 0 Å². The Morgan fingerprint density at radius 1 is 1.29 bits per heavy atom. The fraction of sp³-hybridized carbons (Fsp3) is 0.133. The molecule has 0 aliphatic carbocycles. The van der Waals surface area contributed by atoms with Crippen LogP contribution in [0.25, 0.3) is 0 Å². The van der Waals surface area contributed by atoms with E-state index in [1.54, 1.807) is 25.1 Å². The minimum absolute atomic E-state index is 0.169. The molecule has 0 heterocycles. The number of benzene rings is 2. The molecule has 0 radical (unpaired) electrons. The maximum Gasteiger partial charge on any atom is 0.170 e. The van der Waals surface area contributed by atoms with Crippen molar-refractivity contribution in [3.63, 3.8) is 0 Å². The van der Waals surface area contributed by atoms with Gasteiger partial charge in [-0.3, -0.25) is 0 Å². The van der Waals surface area contributed by atoms with E-state index in [0.717, 1.165) is 0 Å². The van der Waals surface area contributed by atoms with Crippen molar-refractivity contribution in [2.75, 3.05) is 5.32 Å². The minimum atomic E-state index is -0.494. The highest BCUT2D eigenvalue weighted by Gasteiger charge is 2.07. The molecule has 2 aromatic rings. The summed E-state index contributed by atoms with van der Waals surface area (Å²) in [4.78, 5) is 0. The molecular weight excluding hydrogens is 276 g/mol. The summed E-state index contributed by atoms with van der Waals surface area (Å²) in [6.45, 7) is 1.94. The topological polar surface area (TPSA) is 70.6 Å². The number of oxime groups is 1. The number of rotatable bonds is 4. The van der Waals surface area contributed by atoms with Crippen LogP contribution in [0.15, 0.2) is 41.6 Å². The standard InChI is InChI=1S/C15H15F2N3O/c1-9-13(17)3-2-4-14(9)19-8-10-5-11(15(18)20-21)7-12(16)6-10/h2-7,19,21H,8H2,1H3,(H2,18,20). The Labute approximate surface area is 120 Å². The Balaban J connectivity index is 2.20. The third-order valence-electron chi connectivity index (χ3n) is 3.11. The van der Waals surface area contributed by atoms with E-state index in [1.807, 2.05) is 0 Å². The molecule has 0 aliphatic heterocycles. The molecule has 0 amide bonds. The lowest BCUT2D eigenvalue weighted by atomic mass is 10.1. The van der Waals surface area contributed by atoms with Crippen LogP contribution < -0.4 is 11.1 Å². The summed E-state index contributed by atoms with van der Waals surface area (Å²) in [7, 11) is 0. The lowest BCUT2D eigenvalue weighted by Gasteiger charge is -2.11. The zero-order valence-electron chi connectivity index (χ0n) is 11.4. The molecule has 110 valence electrons. The van der Waals surface area contributed by atoms with Gasteiger partial charge in [0.15, 0.2) is 5.84 Å². The second-order valence-electron chi connectivity index (χ2n) is 4.60. The van der Waals surface area contributed by atoms with E-state index in [2.05, 4.69) is 10.5 Å². The van der Waals surface area contributed by atoms with Crippen molar-refractivity contribution in [2.24, 2.45) is 10.9 Å². The van der Waals surface area contributed by atoms with Crippen molar-refractivity contribution in [1.29, 1.82) is 0 Å². The van der Waals surface area contributed by atoms with Gasteiger partial charge in [0, 0.05) is 23.4 Å². The van der Waals surface area contributed by atoms with Crippen LogP contribution in [0.3, 0.4) is 0 Å². The van der Waals surface area contributed by atoms with Crippen LogP contribution in [0.4, 0.5) is 14.5 Å². The van der Waals surface area contributed by atoms with Crippen molar-refractivity contribution in [2.45, 2.75) is 13.5 Å². The summed E-state index contributed by atoms with van der Waals surface area (Å²) < 4.78 is 26.9. The lowest BCUT2D eigenvalue weighted by molar-refractivity contribution is 0.318. The van der Waals surface area contributed by atoms with Crippen molar-refractivity contribution < 1.29 is 14.0 Å². The van der Waals surface area contributed by atoms with Gasteiger partial charge in [-0.15, -0.1) is 0 Å². The molecule has 6 heteroatoms. The molecule has 4 N–H and O–H groups in total. The number of hydrogen-bond acceptors (Lipinski definition) is 3. The Morgan fingerprint density at radius 2 is 2.05 bits per heavy atom. The van der Waals surface area contributed by atoms with Crippen molar-refractivity contribution in [1.82, 2.24) is 0 Å². The highest BCUT2D eigenvalue weighted by atomic mass is 19.1. The maximum atomic E-state index is 13.5. The van der Waals surface area contributed by atoms with Gasteiger partial charge >= 0.3 is 0 Å². The van der Waals surface area contributed by atoms with Crippen LogP contribution in [0.1, 0.15) is 16.7 Å². The van der Waals surface area contributed by atoms with Gasteiger partial charge in [-0.2, -0.15) is 0 Å². The van der Waals surface area contributed by atoms with Gasteiger partial charge < -0.3 is 16.3 Å². The fourth-order valence-corrected chi connectivity index (χ4v) is 1.95. The van der Waals surface area contributed by atoms with Crippen LogP contribution in [-0.4, -0.2) is 11.0 Å². The summed E-state index contributed by atoms with van der Waals surface area (Å²) in [5, 5.41) is 14.5. The van der Waals surface area contributed by atoms with E-state index in [0.29, 0.717) is 16.8 Å². The van der Waals surface area contributed by atoms with E-state index in [1.165, 1.54) is 18.2 Å². The van der Waals surface area contributed by atoms with Gasteiger partial charge in [-0.1, -0.05) is 11.2 Å². The number of amidine groups is 1. The van der Waals surface area contributed by atoms with Crippen LogP contribution >= 0.6 is 0 Å². The summed E-state index contributed by atoms with van der Waals surface area (Å²) in [5.74, 6) is -0.971. The Kier molecular flexibility index (Phi) is 4.37. The first-order valence-corrected chi connectivity index (χ1v) is 6.27. The number of nitrogens with zero attached hydrogens (tertiary/aromatic N) is 1. The molecule has 0 bridgehead atoms. The largest absolute Gasteiger partial charge is 0.409 e. The molecule has 0 aliphatic rings. The van der Waals surface area contributed by atoms with Crippen molar-refractivity contribution in [3.05, 3.63) is 64.7 Å². The third kappa shape index (κ3) is 3.47. The first-order chi connectivity index (χ1) is 10.0. The van der Waals surface area contributed by atoms with Gasteiger partial charge in [-0.05, 0) is 42.8 Å². The molecule has 2 rings (SSSR count). The highest BCUT2D eigenvalue weighted by Crippen LogP contribution is 2.19. The van der Waals surface area contributed by atoms with E-state index in [4.69, 9.17) is 10.9 Å². The van der Waals surface area contributed by atoms with E-state index >= 15 is 0 Å². The predicted octanol–water partition coefficient (Wildman–Crippen LogP) is 2.98. The lowest BCUT2D eigenvalue weighted by Crippen LogP contribution is -2.14. The van der Waals surface area contributed by atoms with Gasteiger partial charge in [-0.25, -0.2) is 8.78 Å². The number of halogens is 2. The highest BCUT2D eigenvalue weighted by molar-refractivity contribution is 5.97. The van der Waals surface area contributed by atoms with Gasteiger partial charge in [0.25, 0.3) is 0 Å². The number of hydrogen-bond donors (Lipinski definition) is 3. The molecule has 0 aromatic heterocycles. The molecule has 0 saturated carbocycles. The molecule has 0 saturated heterocycles. The SMILES string of the molecule is Cc1c(F)cccc1NCc1cc(F)cc(/C(N)=N/O)c1. The van der Waals surface area contributed by atoms with Crippen LogP contribution in [0.2, 0.25) is 0 Å². The van der Waals surface area contributed by atoms with Crippen molar-refractivity contribution >= 4 is 11.5 Å². The van der Waals surface area contributed by atoms with Crippen LogP contribution in [-0.2, 0) is 6.54 Å². The quantitative estimate of drug-likeness (QED) is 0.351. The molecule has 0 fully saturated rings. The fourth-order valence-electron chi connectivity index (χ4n) is 1.95. The van der Waals surface area contributed by atoms with Gasteiger partial charge in [0.2, 0.25) is 0 Å². The third-order valence-corrected chi connectivity index (χ3v) is 3.11. The zero-order valence-corrected chi connectivity index (χ0v) is 11.4. The van der Waals surface area contributed by atoms with E-state index < -0.39 is 5.82 Å². The Bertz CT molecular complexity index is 687. The van der Waals surface area contributed by atoms with E-state index in [9.17, 15) is 8.78 Å². The normalized spacial score (nSPS) is 11.5. The van der Waals surface area contributed by atoms with Crippen LogP contribution in [0, 0.1) is 18.6 Å². The first-order valence-electron chi connectivity index (χ1n) is 6.27.